The molecule has 3 aromatic rings. The highest BCUT2D eigenvalue weighted by Gasteiger charge is 2.29. The van der Waals surface area contributed by atoms with Gasteiger partial charge in [0.15, 0.2) is 0 Å². The largest absolute Gasteiger partial charge is 0.355 e. The van der Waals surface area contributed by atoms with Crippen molar-refractivity contribution in [1.82, 2.24) is 15.7 Å². The number of amidine groups is 1. The molecule has 3 N–H and O–H groups in total. The number of nitrogens with zero attached hydrogens (tertiary/aromatic N) is 3. The van der Waals surface area contributed by atoms with Crippen LogP contribution in [0.15, 0.2) is 65.9 Å². The molecule has 150 valence electrons. The summed E-state index contributed by atoms with van der Waals surface area (Å²) in [6.07, 6.45) is 3.00. The van der Waals surface area contributed by atoms with Gasteiger partial charge >= 0.3 is 0 Å². The predicted molar refractivity (Wildman–Crippen MR) is 119 cm³/mol. The molecule has 0 aliphatic carbocycles. The van der Waals surface area contributed by atoms with E-state index in [0.717, 1.165) is 59.5 Å². The van der Waals surface area contributed by atoms with Crippen molar-refractivity contribution in [2.24, 2.45) is 11.0 Å². The number of nitrogens with one attached hydrogen (secondary N) is 2. The van der Waals surface area contributed by atoms with Gasteiger partial charge in [-0.3, -0.25) is 15.3 Å². The maximum atomic E-state index is 10.4. The monoisotopic (exact) mass is 409 g/mol. The van der Waals surface area contributed by atoms with Crippen LogP contribution in [0.25, 0.3) is 22.0 Å². The van der Waals surface area contributed by atoms with Gasteiger partial charge in [-0.25, -0.2) is 0 Å². The van der Waals surface area contributed by atoms with Crippen molar-refractivity contribution in [1.29, 1.82) is 0 Å². The highest BCUT2D eigenvalue weighted by molar-refractivity contribution is 5.99. The number of rotatable bonds is 4. The lowest BCUT2D eigenvalue weighted by Gasteiger charge is -2.24. The fourth-order valence-corrected chi connectivity index (χ4v) is 4.03. The van der Waals surface area contributed by atoms with Crippen molar-refractivity contribution < 1.29 is 5.11 Å². The molecule has 5 rings (SSSR count). The lowest BCUT2D eigenvalue weighted by molar-refractivity contribution is 0.159. The molecule has 0 bridgehead atoms. The van der Waals surface area contributed by atoms with E-state index in [-0.39, 0.29) is 12.4 Å². The van der Waals surface area contributed by atoms with Crippen molar-refractivity contribution in [3.05, 3.63) is 60.8 Å². The number of aliphatic hydroxyl groups excluding tert-OH is 1. The van der Waals surface area contributed by atoms with Gasteiger partial charge < -0.3 is 10.4 Å². The molecule has 1 fully saturated rings. The normalized spacial score (nSPS) is 21.0. The van der Waals surface area contributed by atoms with E-state index in [0.29, 0.717) is 5.92 Å². The van der Waals surface area contributed by atoms with Crippen LogP contribution < -0.4 is 15.6 Å². The van der Waals surface area contributed by atoms with Crippen molar-refractivity contribution >= 4 is 34.8 Å². The third kappa shape index (κ3) is 3.92. The zero-order valence-corrected chi connectivity index (χ0v) is 16.8. The Labute approximate surface area is 176 Å². The smallest absolute Gasteiger partial charge is 0.225 e. The predicted octanol–water partition coefficient (Wildman–Crippen LogP) is 3.32. The van der Waals surface area contributed by atoms with E-state index in [1.54, 1.807) is 0 Å². The molecule has 1 aromatic heterocycles. The molecule has 6 nitrogen and oxygen atoms in total. The second kappa shape index (κ2) is 8.37. The quantitative estimate of drug-likeness (QED) is 0.616. The van der Waals surface area contributed by atoms with Crippen LogP contribution in [0.3, 0.4) is 0 Å². The Morgan fingerprint density at radius 3 is 2.69 bits per heavy atom. The first-order valence-corrected chi connectivity index (χ1v) is 9.73. The summed E-state index contributed by atoms with van der Waals surface area (Å²) in [6, 6.07) is 18.6. The van der Waals surface area contributed by atoms with Gasteiger partial charge in [-0.1, -0.05) is 30.3 Å². The summed E-state index contributed by atoms with van der Waals surface area (Å²) in [4.78, 5) is 6.33. The number of anilines is 1. The zero-order valence-electron chi connectivity index (χ0n) is 16.0. The van der Waals surface area contributed by atoms with Gasteiger partial charge in [-0.2, -0.15) is 5.10 Å². The summed E-state index contributed by atoms with van der Waals surface area (Å²) in [5, 5.41) is 19.3. The Morgan fingerprint density at radius 2 is 1.90 bits per heavy atom. The number of pyridine rings is 1. The number of aliphatic hydroxyl groups is 1. The molecule has 0 spiro atoms. The lowest BCUT2D eigenvalue weighted by atomic mass is 10.0. The summed E-state index contributed by atoms with van der Waals surface area (Å²) in [5.41, 5.74) is 6.97. The average Bonchev–Trinajstić information content (AvgIpc) is 3.38. The Hall–Kier alpha value is -2.67. The third-order valence-electron chi connectivity index (χ3n) is 5.55. The van der Waals surface area contributed by atoms with Crippen LogP contribution in [0.2, 0.25) is 0 Å². The van der Waals surface area contributed by atoms with E-state index in [1.807, 2.05) is 29.3 Å². The number of benzene rings is 2. The van der Waals surface area contributed by atoms with Gasteiger partial charge in [-0.15, -0.1) is 12.4 Å². The third-order valence-corrected chi connectivity index (χ3v) is 5.55. The molecule has 2 atom stereocenters. The second-order valence-corrected chi connectivity index (χ2v) is 7.42. The van der Waals surface area contributed by atoms with Gasteiger partial charge in [0.1, 0.15) is 5.84 Å². The molecule has 1 unspecified atom stereocenters. The summed E-state index contributed by atoms with van der Waals surface area (Å²) in [7, 11) is 0. The van der Waals surface area contributed by atoms with E-state index < -0.39 is 6.35 Å². The Balaban J connectivity index is 0.00000205. The zero-order chi connectivity index (χ0) is 18.9. The number of halogens is 1. The second-order valence-electron chi connectivity index (χ2n) is 7.42. The minimum absolute atomic E-state index is 0. The first-order valence-electron chi connectivity index (χ1n) is 9.73. The highest BCUT2D eigenvalue weighted by atomic mass is 35.5. The number of aromatic nitrogens is 1. The molecule has 3 heterocycles. The number of hydrogen-bond donors (Lipinski definition) is 3. The molecule has 2 aromatic carbocycles. The summed E-state index contributed by atoms with van der Waals surface area (Å²) < 4.78 is 0. The van der Waals surface area contributed by atoms with Gasteiger partial charge in [0.05, 0.1) is 5.52 Å². The number of fused-ring (bicyclic) bond motifs is 1. The van der Waals surface area contributed by atoms with Crippen LogP contribution in [0, 0.1) is 5.92 Å². The molecular formula is C22H24ClN5O. The maximum Gasteiger partial charge on any atom is 0.225 e. The topological polar surface area (TPSA) is 72.8 Å². The van der Waals surface area contributed by atoms with Gasteiger partial charge in [0.25, 0.3) is 0 Å². The fourth-order valence-electron chi connectivity index (χ4n) is 4.03. The first kappa shape index (κ1) is 19.6. The molecule has 2 aliphatic rings. The van der Waals surface area contributed by atoms with Crippen LogP contribution in [0.1, 0.15) is 12.8 Å². The maximum absolute atomic E-state index is 10.4. The van der Waals surface area contributed by atoms with Crippen LogP contribution in [0.5, 0.6) is 0 Å². The number of hydrazone groups is 1. The average molecular weight is 410 g/mol. The van der Waals surface area contributed by atoms with Crippen LogP contribution in [-0.4, -0.2) is 35.4 Å². The van der Waals surface area contributed by atoms with E-state index in [1.165, 1.54) is 0 Å². The molecule has 2 aliphatic heterocycles. The molecule has 7 heteroatoms. The van der Waals surface area contributed by atoms with Gasteiger partial charge in [0.2, 0.25) is 6.35 Å². The van der Waals surface area contributed by atoms with Crippen LogP contribution in [0.4, 0.5) is 5.69 Å². The van der Waals surface area contributed by atoms with E-state index >= 15 is 0 Å². The molecular weight excluding hydrogens is 386 g/mol. The Bertz CT molecular complexity index is 1020. The lowest BCUT2D eigenvalue weighted by Crippen LogP contribution is -2.40. The molecule has 1 saturated heterocycles. The minimum atomic E-state index is -0.819. The van der Waals surface area contributed by atoms with Crippen molar-refractivity contribution in [3.8, 4) is 11.1 Å². The van der Waals surface area contributed by atoms with Crippen molar-refractivity contribution in [2.75, 3.05) is 18.0 Å². The minimum Gasteiger partial charge on any atom is -0.355 e. The Morgan fingerprint density at radius 1 is 1.07 bits per heavy atom. The SMILES string of the molecule is Cl.OC1NN=C(C[C@@H]2CCNC2)N1c1ccc(-c2ccc3cccnc3c2)cc1. The van der Waals surface area contributed by atoms with Gasteiger partial charge in [0, 0.05) is 23.7 Å². The summed E-state index contributed by atoms with van der Waals surface area (Å²) in [6.45, 7) is 2.07. The van der Waals surface area contributed by atoms with Crippen LogP contribution in [-0.2, 0) is 0 Å². The summed E-state index contributed by atoms with van der Waals surface area (Å²) in [5.74, 6) is 1.46. The van der Waals surface area contributed by atoms with Crippen LogP contribution >= 0.6 is 12.4 Å². The van der Waals surface area contributed by atoms with Crippen molar-refractivity contribution in [2.45, 2.75) is 19.2 Å². The molecule has 0 radical (unpaired) electrons. The molecule has 0 saturated carbocycles. The summed E-state index contributed by atoms with van der Waals surface area (Å²) >= 11 is 0. The highest BCUT2D eigenvalue weighted by Crippen LogP contribution is 2.28. The van der Waals surface area contributed by atoms with Crippen molar-refractivity contribution in [3.63, 3.8) is 0 Å². The van der Waals surface area contributed by atoms with Gasteiger partial charge in [-0.05, 0) is 60.8 Å². The first-order chi connectivity index (χ1) is 13.8. The molecule has 0 amide bonds. The standard InChI is InChI=1S/C22H23N5O.ClH/c28-22-26-25-21(12-15-9-11-23-14-15)27(22)19-7-5-16(6-8-19)18-4-3-17-2-1-10-24-20(17)13-18;/h1-8,10,13,15,22-23,26,28H,9,11-12,14H2;1H/t15-,22?;/m0./s1. The van der Waals surface area contributed by atoms with E-state index in [4.69, 9.17) is 0 Å². The van der Waals surface area contributed by atoms with E-state index in [9.17, 15) is 5.11 Å². The van der Waals surface area contributed by atoms with E-state index in [2.05, 4.69) is 57.2 Å². The Kier molecular flexibility index (Phi) is 5.67. The fraction of sp³-hybridized carbons (Fsp3) is 0.273. The number of hydrogen-bond acceptors (Lipinski definition) is 6. The molecule has 29 heavy (non-hydrogen) atoms.